The first-order valence-corrected chi connectivity index (χ1v) is 8.87. The van der Waals surface area contributed by atoms with Gasteiger partial charge in [0.2, 0.25) is 0 Å². The number of benzene rings is 2. The summed E-state index contributed by atoms with van der Waals surface area (Å²) in [6.07, 6.45) is 0.862. The van der Waals surface area contributed by atoms with Gasteiger partial charge in [-0.15, -0.1) is 0 Å². The zero-order valence-corrected chi connectivity index (χ0v) is 15.5. The summed E-state index contributed by atoms with van der Waals surface area (Å²) in [5.41, 5.74) is 2.67. The summed E-state index contributed by atoms with van der Waals surface area (Å²) in [5, 5.41) is 6.86. The third-order valence-corrected chi connectivity index (χ3v) is 4.33. The van der Waals surface area contributed by atoms with E-state index < -0.39 is 23.7 Å². The summed E-state index contributed by atoms with van der Waals surface area (Å²) in [6.45, 7) is 2.24. The first-order chi connectivity index (χ1) is 14.0. The molecule has 1 atom stereocenters. The van der Waals surface area contributed by atoms with Crippen molar-refractivity contribution in [2.24, 2.45) is 0 Å². The first kappa shape index (κ1) is 20.2. The van der Waals surface area contributed by atoms with Crippen LogP contribution in [0.25, 0.3) is 11.1 Å². The molecule has 150 valence electrons. The van der Waals surface area contributed by atoms with E-state index in [0.717, 1.165) is 12.1 Å². The molecule has 0 bridgehead atoms. The van der Waals surface area contributed by atoms with Crippen LogP contribution in [0.15, 0.2) is 48.7 Å². The second kappa shape index (κ2) is 9.09. The van der Waals surface area contributed by atoms with E-state index in [1.54, 1.807) is 37.4 Å². The van der Waals surface area contributed by atoms with Gasteiger partial charge in [-0.2, -0.15) is 5.10 Å². The Morgan fingerprint density at radius 2 is 2.03 bits per heavy atom. The molecule has 1 heterocycles. The average molecular weight is 400 g/mol. The van der Waals surface area contributed by atoms with Gasteiger partial charge in [-0.25, -0.2) is 13.6 Å². The highest BCUT2D eigenvalue weighted by Crippen LogP contribution is 2.29. The maximum absolute atomic E-state index is 13.6. The monoisotopic (exact) mass is 400 g/mol. The Kier molecular flexibility index (Phi) is 6.33. The molecule has 0 spiro atoms. The van der Waals surface area contributed by atoms with Gasteiger partial charge in [0.25, 0.3) is 6.47 Å². The summed E-state index contributed by atoms with van der Waals surface area (Å²) >= 11 is 0. The molecular weight excluding hydrogens is 382 g/mol. The van der Waals surface area contributed by atoms with Crippen molar-refractivity contribution in [1.29, 1.82) is 0 Å². The predicted molar refractivity (Wildman–Crippen MR) is 99.9 cm³/mol. The zero-order valence-electron chi connectivity index (χ0n) is 15.5. The minimum Gasteiger partial charge on any atom is -0.462 e. The highest BCUT2D eigenvalue weighted by atomic mass is 19.2. The number of H-pyrrole nitrogens is 1. The van der Waals surface area contributed by atoms with Gasteiger partial charge in [0, 0.05) is 17.7 Å². The molecule has 29 heavy (non-hydrogen) atoms. The summed E-state index contributed by atoms with van der Waals surface area (Å²) in [5.74, 6) is -2.46. The highest BCUT2D eigenvalue weighted by Gasteiger charge is 2.20. The third-order valence-electron chi connectivity index (χ3n) is 4.33. The minimum atomic E-state index is -1.03. The molecule has 2 aromatic carbocycles. The molecule has 0 aliphatic heterocycles. The van der Waals surface area contributed by atoms with Gasteiger partial charge in [0.1, 0.15) is 6.10 Å². The van der Waals surface area contributed by atoms with Crippen LogP contribution in [0.1, 0.15) is 34.6 Å². The SMILES string of the molecule is CCOC(=O)c1cccc(-c2cn[nH]c2CC(OC=O)c2ccc(F)c(F)c2)c1. The van der Waals surface area contributed by atoms with Crippen molar-refractivity contribution in [3.63, 3.8) is 0 Å². The lowest BCUT2D eigenvalue weighted by Gasteiger charge is -2.16. The van der Waals surface area contributed by atoms with E-state index in [0.29, 0.717) is 27.9 Å². The van der Waals surface area contributed by atoms with Gasteiger partial charge < -0.3 is 9.47 Å². The molecule has 0 aliphatic carbocycles. The fraction of sp³-hybridized carbons (Fsp3) is 0.190. The largest absolute Gasteiger partial charge is 0.462 e. The fourth-order valence-corrected chi connectivity index (χ4v) is 2.96. The fourth-order valence-electron chi connectivity index (χ4n) is 2.96. The maximum atomic E-state index is 13.6. The van der Waals surface area contributed by atoms with E-state index in [1.807, 2.05) is 0 Å². The van der Waals surface area contributed by atoms with E-state index in [1.165, 1.54) is 6.07 Å². The van der Waals surface area contributed by atoms with Gasteiger partial charge in [-0.1, -0.05) is 18.2 Å². The van der Waals surface area contributed by atoms with Crippen molar-refractivity contribution < 1.29 is 27.8 Å². The molecule has 0 amide bonds. The summed E-state index contributed by atoms with van der Waals surface area (Å²) in [6, 6.07) is 10.1. The van der Waals surface area contributed by atoms with Crippen LogP contribution in [0.5, 0.6) is 0 Å². The Balaban J connectivity index is 1.90. The van der Waals surface area contributed by atoms with Crippen LogP contribution in [0.4, 0.5) is 8.78 Å². The van der Waals surface area contributed by atoms with Crippen molar-refractivity contribution in [3.8, 4) is 11.1 Å². The molecule has 1 N–H and O–H groups in total. The van der Waals surface area contributed by atoms with Gasteiger partial charge in [-0.3, -0.25) is 9.89 Å². The van der Waals surface area contributed by atoms with E-state index in [-0.39, 0.29) is 19.5 Å². The number of esters is 1. The molecule has 1 aromatic heterocycles. The smallest absolute Gasteiger partial charge is 0.338 e. The molecule has 0 saturated carbocycles. The maximum Gasteiger partial charge on any atom is 0.338 e. The Morgan fingerprint density at radius 3 is 2.76 bits per heavy atom. The quantitative estimate of drug-likeness (QED) is 0.457. The summed E-state index contributed by atoms with van der Waals surface area (Å²) in [4.78, 5) is 22.9. The van der Waals surface area contributed by atoms with Crippen molar-refractivity contribution in [2.45, 2.75) is 19.4 Å². The van der Waals surface area contributed by atoms with Gasteiger partial charge >= 0.3 is 5.97 Å². The summed E-state index contributed by atoms with van der Waals surface area (Å²) in [7, 11) is 0. The number of aromatic amines is 1. The molecule has 8 heteroatoms. The lowest BCUT2D eigenvalue weighted by atomic mass is 9.98. The van der Waals surface area contributed by atoms with Gasteiger partial charge in [-0.05, 0) is 42.3 Å². The van der Waals surface area contributed by atoms with Crippen molar-refractivity contribution in [2.75, 3.05) is 6.61 Å². The van der Waals surface area contributed by atoms with Crippen LogP contribution >= 0.6 is 0 Å². The van der Waals surface area contributed by atoms with Crippen LogP contribution in [0.3, 0.4) is 0 Å². The zero-order chi connectivity index (χ0) is 20.8. The molecule has 6 nitrogen and oxygen atoms in total. The Bertz CT molecular complexity index is 1020. The van der Waals surface area contributed by atoms with Crippen LogP contribution in [0.2, 0.25) is 0 Å². The number of aromatic nitrogens is 2. The standard InChI is InChI=1S/C21H18F2N2O4/c1-2-28-21(27)15-5-3-4-13(8-15)16-11-24-25-19(16)10-20(29-12-26)14-6-7-17(22)18(23)9-14/h3-9,11-12,20H,2,10H2,1H3,(H,24,25). The van der Waals surface area contributed by atoms with Crippen molar-refractivity contribution in [3.05, 3.63) is 77.1 Å². The highest BCUT2D eigenvalue weighted by molar-refractivity contribution is 5.91. The molecule has 1 unspecified atom stereocenters. The Hall–Kier alpha value is -3.55. The normalized spacial score (nSPS) is 11.7. The van der Waals surface area contributed by atoms with Crippen LogP contribution < -0.4 is 0 Å². The van der Waals surface area contributed by atoms with Crippen molar-refractivity contribution in [1.82, 2.24) is 10.2 Å². The number of nitrogens with one attached hydrogen (secondary N) is 1. The molecule has 0 aliphatic rings. The second-order valence-electron chi connectivity index (χ2n) is 6.16. The van der Waals surface area contributed by atoms with E-state index in [4.69, 9.17) is 9.47 Å². The predicted octanol–water partition coefficient (Wildman–Crippen LogP) is 3.99. The molecule has 3 rings (SSSR count). The van der Waals surface area contributed by atoms with E-state index in [9.17, 15) is 18.4 Å². The molecule has 0 radical (unpaired) electrons. The number of ether oxygens (including phenoxy) is 2. The van der Waals surface area contributed by atoms with Gasteiger partial charge in [0.05, 0.1) is 18.4 Å². The van der Waals surface area contributed by atoms with Crippen LogP contribution in [-0.4, -0.2) is 29.2 Å². The van der Waals surface area contributed by atoms with Gasteiger partial charge in [0.15, 0.2) is 11.6 Å². The molecule has 0 saturated heterocycles. The van der Waals surface area contributed by atoms with E-state index in [2.05, 4.69) is 10.2 Å². The number of nitrogens with zero attached hydrogens (tertiary/aromatic N) is 1. The van der Waals surface area contributed by atoms with Crippen LogP contribution in [-0.2, 0) is 20.7 Å². The molecular formula is C21H18F2N2O4. The topological polar surface area (TPSA) is 81.3 Å². The molecule has 0 fully saturated rings. The Morgan fingerprint density at radius 1 is 1.21 bits per heavy atom. The number of halogens is 2. The summed E-state index contributed by atoms with van der Waals surface area (Å²) < 4.78 is 36.9. The number of hydrogen-bond acceptors (Lipinski definition) is 5. The first-order valence-electron chi connectivity index (χ1n) is 8.87. The van der Waals surface area contributed by atoms with Crippen molar-refractivity contribution >= 4 is 12.4 Å². The second-order valence-corrected chi connectivity index (χ2v) is 6.16. The average Bonchev–Trinajstić information content (AvgIpc) is 3.18. The third kappa shape index (κ3) is 4.66. The number of hydrogen-bond donors (Lipinski definition) is 1. The number of rotatable bonds is 8. The lowest BCUT2D eigenvalue weighted by molar-refractivity contribution is -0.133. The number of carbonyl (C=O) groups excluding carboxylic acids is 2. The number of carbonyl (C=O) groups is 2. The molecule has 3 aromatic rings. The van der Waals surface area contributed by atoms with E-state index >= 15 is 0 Å². The lowest BCUT2D eigenvalue weighted by Crippen LogP contribution is -2.09. The minimum absolute atomic E-state index is 0.142. The van der Waals surface area contributed by atoms with Crippen LogP contribution in [0, 0.1) is 11.6 Å². The Labute approximate surface area is 165 Å².